The van der Waals surface area contributed by atoms with E-state index in [-0.39, 0.29) is 6.10 Å². The molecule has 0 bridgehead atoms. The molecule has 2 saturated carbocycles. The molecule has 0 aromatic rings. The Morgan fingerprint density at radius 1 is 1.38 bits per heavy atom. The normalized spacial score (nSPS) is 21.2. The smallest absolute Gasteiger partial charge is 0.334 e. The van der Waals surface area contributed by atoms with Gasteiger partial charge < -0.3 is 9.47 Å². The van der Waals surface area contributed by atoms with Gasteiger partial charge >= 0.3 is 11.9 Å². The first-order valence-electron chi connectivity index (χ1n) is 5.16. The summed E-state index contributed by atoms with van der Waals surface area (Å²) in [6, 6.07) is 1.91. The summed E-state index contributed by atoms with van der Waals surface area (Å²) in [5.74, 6) is -1.11. The van der Waals surface area contributed by atoms with E-state index in [1.807, 2.05) is 6.07 Å². The molecule has 2 fully saturated rings. The van der Waals surface area contributed by atoms with E-state index in [0.29, 0.717) is 12.8 Å². The summed E-state index contributed by atoms with van der Waals surface area (Å²) in [6.45, 7) is 0. The van der Waals surface area contributed by atoms with E-state index in [0.717, 1.165) is 25.2 Å². The SMILES string of the molecule is N#CC1(C(=O)O/C=C/C(=O)OC2CC2)CC1. The van der Waals surface area contributed by atoms with Gasteiger partial charge in [0.2, 0.25) is 0 Å². The Bertz CT molecular complexity index is 385. The van der Waals surface area contributed by atoms with E-state index >= 15 is 0 Å². The molecule has 0 radical (unpaired) electrons. The van der Waals surface area contributed by atoms with E-state index in [2.05, 4.69) is 0 Å². The minimum Gasteiger partial charge on any atom is -0.459 e. The van der Waals surface area contributed by atoms with E-state index < -0.39 is 17.4 Å². The number of nitrogens with zero attached hydrogens (tertiary/aromatic N) is 1. The van der Waals surface area contributed by atoms with Gasteiger partial charge in [-0.3, -0.25) is 0 Å². The molecule has 2 aliphatic rings. The Morgan fingerprint density at radius 3 is 2.56 bits per heavy atom. The van der Waals surface area contributed by atoms with Crippen molar-refractivity contribution < 1.29 is 19.1 Å². The second-order valence-electron chi connectivity index (χ2n) is 4.04. The molecular weight excluding hydrogens is 210 g/mol. The highest BCUT2D eigenvalue weighted by atomic mass is 16.6. The third-order valence-corrected chi connectivity index (χ3v) is 2.54. The molecule has 0 spiro atoms. The number of nitriles is 1. The average Bonchev–Trinajstić information content (AvgIpc) is 3.13. The van der Waals surface area contributed by atoms with Crippen LogP contribution >= 0.6 is 0 Å². The van der Waals surface area contributed by atoms with E-state index in [9.17, 15) is 9.59 Å². The molecule has 5 nitrogen and oxygen atoms in total. The highest BCUT2D eigenvalue weighted by Crippen LogP contribution is 2.45. The maximum Gasteiger partial charge on any atom is 0.334 e. The topological polar surface area (TPSA) is 76.4 Å². The van der Waals surface area contributed by atoms with Gasteiger partial charge in [-0.05, 0) is 25.7 Å². The molecule has 0 aromatic carbocycles. The molecule has 0 atom stereocenters. The van der Waals surface area contributed by atoms with Crippen LogP contribution in [-0.2, 0) is 19.1 Å². The van der Waals surface area contributed by atoms with E-state index in [4.69, 9.17) is 14.7 Å². The van der Waals surface area contributed by atoms with Crippen LogP contribution in [-0.4, -0.2) is 18.0 Å². The van der Waals surface area contributed by atoms with Gasteiger partial charge in [-0.15, -0.1) is 0 Å². The van der Waals surface area contributed by atoms with Crippen molar-refractivity contribution in [2.45, 2.75) is 31.8 Å². The predicted molar refractivity (Wildman–Crippen MR) is 51.6 cm³/mol. The second-order valence-corrected chi connectivity index (χ2v) is 4.04. The lowest BCUT2D eigenvalue weighted by Crippen LogP contribution is -2.14. The molecule has 0 unspecified atom stereocenters. The lowest BCUT2D eigenvalue weighted by molar-refractivity contribution is -0.142. The van der Waals surface area contributed by atoms with E-state index in [1.165, 1.54) is 0 Å². The van der Waals surface area contributed by atoms with Gasteiger partial charge in [0.25, 0.3) is 0 Å². The molecule has 16 heavy (non-hydrogen) atoms. The lowest BCUT2D eigenvalue weighted by atomic mass is 10.1. The average molecular weight is 221 g/mol. The molecular formula is C11H11NO4. The molecule has 0 N–H and O–H groups in total. The molecule has 0 aromatic heterocycles. The first-order chi connectivity index (χ1) is 7.66. The Hall–Kier alpha value is -1.83. The van der Waals surface area contributed by atoms with Crippen LogP contribution in [0, 0.1) is 16.7 Å². The first kappa shape index (κ1) is 10.7. The van der Waals surface area contributed by atoms with Crippen LogP contribution in [0.2, 0.25) is 0 Å². The molecule has 2 aliphatic carbocycles. The summed E-state index contributed by atoms with van der Waals surface area (Å²) in [5, 5.41) is 8.70. The Kier molecular flexibility index (Phi) is 2.65. The largest absolute Gasteiger partial charge is 0.459 e. The number of carbonyl (C=O) groups excluding carboxylic acids is 2. The Morgan fingerprint density at radius 2 is 2.06 bits per heavy atom. The molecule has 0 aliphatic heterocycles. The minimum absolute atomic E-state index is 0.0294. The van der Waals surface area contributed by atoms with Crippen LogP contribution < -0.4 is 0 Å². The van der Waals surface area contributed by atoms with Crippen LogP contribution in [0.3, 0.4) is 0 Å². The van der Waals surface area contributed by atoms with E-state index in [1.54, 1.807) is 0 Å². The summed E-state index contributed by atoms with van der Waals surface area (Å²) < 4.78 is 9.58. The highest BCUT2D eigenvalue weighted by molar-refractivity contribution is 5.85. The standard InChI is InChI=1S/C11H11NO4/c12-7-11(4-5-11)10(14)15-6-3-9(13)16-8-1-2-8/h3,6,8H,1-2,4-5H2/b6-3+. The van der Waals surface area contributed by atoms with Crippen molar-refractivity contribution in [1.29, 1.82) is 5.26 Å². The fourth-order valence-electron chi connectivity index (χ4n) is 1.14. The van der Waals surface area contributed by atoms with Crippen molar-refractivity contribution in [3.8, 4) is 6.07 Å². The van der Waals surface area contributed by atoms with Crippen molar-refractivity contribution in [3.63, 3.8) is 0 Å². The summed E-state index contributed by atoms with van der Waals surface area (Å²) in [7, 11) is 0. The molecule has 2 rings (SSSR count). The molecule has 0 saturated heterocycles. The molecule has 5 heteroatoms. The van der Waals surface area contributed by atoms with Gasteiger partial charge in [0.1, 0.15) is 12.4 Å². The number of hydrogen-bond acceptors (Lipinski definition) is 5. The number of esters is 2. The number of rotatable bonds is 4. The lowest BCUT2D eigenvalue weighted by Gasteiger charge is -2.01. The quantitative estimate of drug-likeness (QED) is 0.403. The fourth-order valence-corrected chi connectivity index (χ4v) is 1.14. The number of carbonyl (C=O) groups is 2. The highest BCUT2D eigenvalue weighted by Gasteiger charge is 2.52. The summed E-state index contributed by atoms with van der Waals surface area (Å²) in [6.07, 6.45) is 4.94. The van der Waals surface area contributed by atoms with Crippen molar-refractivity contribution in [3.05, 3.63) is 12.3 Å². The van der Waals surface area contributed by atoms with Crippen LogP contribution in [0.25, 0.3) is 0 Å². The second kappa shape index (κ2) is 3.97. The van der Waals surface area contributed by atoms with Crippen molar-refractivity contribution in [2.24, 2.45) is 5.41 Å². The van der Waals surface area contributed by atoms with Gasteiger partial charge in [0.15, 0.2) is 5.41 Å². The molecule has 84 valence electrons. The Labute approximate surface area is 92.6 Å². The van der Waals surface area contributed by atoms with Crippen LogP contribution in [0.15, 0.2) is 12.3 Å². The zero-order valence-electron chi connectivity index (χ0n) is 8.64. The Balaban J connectivity index is 1.74. The van der Waals surface area contributed by atoms with Crippen molar-refractivity contribution >= 4 is 11.9 Å². The van der Waals surface area contributed by atoms with Gasteiger partial charge in [-0.2, -0.15) is 5.26 Å². The predicted octanol–water partition coefficient (Wildman–Crippen LogP) is 1.05. The summed E-state index contributed by atoms with van der Waals surface area (Å²) in [4.78, 5) is 22.4. The van der Waals surface area contributed by atoms with Crippen LogP contribution in [0.1, 0.15) is 25.7 Å². The van der Waals surface area contributed by atoms with Crippen molar-refractivity contribution in [2.75, 3.05) is 0 Å². The van der Waals surface area contributed by atoms with Gasteiger partial charge in [0, 0.05) is 0 Å². The zero-order chi connectivity index (χ0) is 11.6. The van der Waals surface area contributed by atoms with Gasteiger partial charge in [-0.1, -0.05) is 0 Å². The maximum absolute atomic E-state index is 11.3. The monoisotopic (exact) mass is 221 g/mol. The minimum atomic E-state index is -0.968. The van der Waals surface area contributed by atoms with Gasteiger partial charge in [-0.25, -0.2) is 9.59 Å². The van der Waals surface area contributed by atoms with Crippen molar-refractivity contribution in [1.82, 2.24) is 0 Å². The maximum atomic E-state index is 11.3. The summed E-state index contributed by atoms with van der Waals surface area (Å²) >= 11 is 0. The van der Waals surface area contributed by atoms with Gasteiger partial charge in [0.05, 0.1) is 12.1 Å². The first-order valence-corrected chi connectivity index (χ1v) is 5.16. The molecule has 0 heterocycles. The number of hydrogen-bond donors (Lipinski definition) is 0. The third kappa shape index (κ3) is 2.40. The third-order valence-electron chi connectivity index (χ3n) is 2.54. The molecule has 0 amide bonds. The number of ether oxygens (including phenoxy) is 2. The van der Waals surface area contributed by atoms with Crippen LogP contribution in [0.5, 0.6) is 0 Å². The summed E-state index contributed by atoms with van der Waals surface area (Å²) in [5.41, 5.74) is -0.968. The van der Waals surface area contributed by atoms with Crippen LogP contribution in [0.4, 0.5) is 0 Å². The zero-order valence-corrected chi connectivity index (χ0v) is 8.64. The fraction of sp³-hybridized carbons (Fsp3) is 0.545.